The Hall–Kier alpha value is -3.43. The van der Waals surface area contributed by atoms with Crippen molar-refractivity contribution in [1.29, 1.82) is 0 Å². The summed E-state index contributed by atoms with van der Waals surface area (Å²) in [6.45, 7) is 4.15. The van der Waals surface area contributed by atoms with Crippen molar-refractivity contribution in [3.05, 3.63) is 70.3 Å². The van der Waals surface area contributed by atoms with Crippen LogP contribution in [-0.4, -0.2) is 28.4 Å². The van der Waals surface area contributed by atoms with Crippen molar-refractivity contribution >= 4 is 11.6 Å². The third-order valence-electron chi connectivity index (χ3n) is 6.74. The first kappa shape index (κ1) is 21.4. The zero-order valence-corrected chi connectivity index (χ0v) is 18.4. The Morgan fingerprint density at radius 2 is 2.09 bits per heavy atom. The highest BCUT2D eigenvalue weighted by molar-refractivity contribution is 6.10. The van der Waals surface area contributed by atoms with Crippen LogP contribution >= 0.6 is 0 Å². The number of alkyl halides is 3. The van der Waals surface area contributed by atoms with E-state index in [0.29, 0.717) is 53.2 Å². The molecule has 0 saturated carbocycles. The summed E-state index contributed by atoms with van der Waals surface area (Å²) in [6, 6.07) is 5.25. The largest absolute Gasteiger partial charge is 0.416 e. The van der Waals surface area contributed by atoms with Gasteiger partial charge < -0.3 is 10.2 Å². The molecule has 1 N–H and O–H groups in total. The second kappa shape index (κ2) is 7.29. The van der Waals surface area contributed by atoms with Gasteiger partial charge in [0, 0.05) is 37.5 Å². The lowest BCUT2D eigenvalue weighted by atomic mass is 9.62. The van der Waals surface area contributed by atoms with E-state index in [1.807, 2.05) is 13.8 Å². The number of benzene rings is 1. The van der Waals surface area contributed by atoms with E-state index in [2.05, 4.69) is 20.6 Å². The molecule has 0 saturated heterocycles. The number of amides is 1. The van der Waals surface area contributed by atoms with Crippen LogP contribution in [0.15, 0.2) is 63.7 Å². The maximum atomic E-state index is 14.0. The summed E-state index contributed by atoms with van der Waals surface area (Å²) < 4.78 is 42.5. The first-order valence-electron chi connectivity index (χ1n) is 10.8. The van der Waals surface area contributed by atoms with Crippen molar-refractivity contribution in [2.24, 2.45) is 17.3 Å². The van der Waals surface area contributed by atoms with Gasteiger partial charge in [0.1, 0.15) is 0 Å². The van der Waals surface area contributed by atoms with Gasteiger partial charge in [0.25, 0.3) is 5.91 Å². The molecule has 2 aromatic rings. The highest BCUT2D eigenvalue weighted by Crippen LogP contribution is 2.52. The maximum Gasteiger partial charge on any atom is 0.416 e. The second-order valence-corrected chi connectivity index (χ2v) is 8.53. The van der Waals surface area contributed by atoms with Crippen molar-refractivity contribution in [2.45, 2.75) is 44.4 Å². The highest BCUT2D eigenvalue weighted by Gasteiger charge is 2.53. The van der Waals surface area contributed by atoms with Gasteiger partial charge in [0.2, 0.25) is 0 Å². The minimum atomic E-state index is -4.50. The van der Waals surface area contributed by atoms with Gasteiger partial charge in [0.15, 0.2) is 6.17 Å². The van der Waals surface area contributed by atoms with Crippen LogP contribution < -0.4 is 10.2 Å². The number of carbonyl (C=O) groups excluding carboxylic acids is 1. The minimum Gasteiger partial charge on any atom is -0.362 e. The molecule has 1 aromatic carbocycles. The van der Waals surface area contributed by atoms with Crippen LogP contribution in [0.3, 0.4) is 0 Å². The van der Waals surface area contributed by atoms with Crippen molar-refractivity contribution in [2.75, 3.05) is 11.4 Å². The van der Waals surface area contributed by atoms with Crippen LogP contribution in [0, 0.1) is 6.92 Å². The predicted octanol–water partition coefficient (Wildman–Crippen LogP) is 4.37. The monoisotopic (exact) mass is 456 g/mol. The van der Waals surface area contributed by atoms with Crippen LogP contribution in [0.1, 0.15) is 36.6 Å². The third kappa shape index (κ3) is 3.11. The van der Waals surface area contributed by atoms with Crippen LogP contribution in [0.4, 0.5) is 18.9 Å². The minimum absolute atomic E-state index is 0.245. The molecule has 0 fully saturated rings. The SMILES string of the molecule is CC[C@]1(c2cccc(C(F)(F)F)c2)C2=CN=NC2NC2=C1C(=O)N(c1cn(C)nc1C)CC2. The molecule has 33 heavy (non-hydrogen) atoms. The smallest absolute Gasteiger partial charge is 0.362 e. The molecule has 0 radical (unpaired) electrons. The Morgan fingerprint density at radius 1 is 1.30 bits per heavy atom. The Labute approximate surface area is 188 Å². The zero-order valence-electron chi connectivity index (χ0n) is 18.4. The standard InChI is InChI=1S/C23H23F3N6O/c1-4-22(14-6-5-7-15(10-14)23(24,25)26)16-11-27-29-20(16)28-17-8-9-32(21(33)19(17)22)18-12-31(3)30-13(18)2/h5-7,10-12,20,28H,4,8-9H2,1-3H3/t20?,22-/m0/s1. The number of nitrogens with zero attached hydrogens (tertiary/aromatic N) is 5. The number of halogens is 3. The Morgan fingerprint density at radius 3 is 2.76 bits per heavy atom. The van der Waals surface area contributed by atoms with Gasteiger partial charge in [-0.25, -0.2) is 0 Å². The van der Waals surface area contributed by atoms with E-state index in [1.54, 1.807) is 35.1 Å². The average molecular weight is 456 g/mol. The van der Waals surface area contributed by atoms with E-state index in [0.717, 1.165) is 12.1 Å². The van der Waals surface area contributed by atoms with E-state index < -0.39 is 23.3 Å². The molecule has 1 unspecified atom stereocenters. The van der Waals surface area contributed by atoms with Crippen molar-refractivity contribution in [1.82, 2.24) is 15.1 Å². The topological polar surface area (TPSA) is 74.9 Å². The fraction of sp³-hybridized carbons (Fsp3) is 0.391. The normalized spacial score (nSPS) is 24.5. The van der Waals surface area contributed by atoms with Gasteiger partial charge in [-0.15, -0.1) is 0 Å². The fourth-order valence-electron chi connectivity index (χ4n) is 5.29. The number of hydrogen-bond donors (Lipinski definition) is 1. The summed E-state index contributed by atoms with van der Waals surface area (Å²) in [5.41, 5.74) is 1.83. The van der Waals surface area contributed by atoms with E-state index in [1.165, 1.54) is 6.07 Å². The summed E-state index contributed by atoms with van der Waals surface area (Å²) >= 11 is 0. The number of aromatic nitrogens is 2. The number of anilines is 1. The molecule has 1 amide bonds. The van der Waals surface area contributed by atoms with Crippen molar-refractivity contribution in [3.63, 3.8) is 0 Å². The second-order valence-electron chi connectivity index (χ2n) is 8.53. The summed E-state index contributed by atoms with van der Waals surface area (Å²) in [6.07, 6.45) is -0.730. The van der Waals surface area contributed by atoms with Gasteiger partial charge in [-0.3, -0.25) is 9.48 Å². The predicted molar refractivity (Wildman–Crippen MR) is 115 cm³/mol. The molecular formula is C23H23F3N6O. The fourth-order valence-corrected chi connectivity index (χ4v) is 5.29. The molecule has 7 nitrogen and oxygen atoms in total. The number of fused-ring (bicyclic) bond motifs is 1. The van der Waals surface area contributed by atoms with Crippen LogP contribution in [0.25, 0.3) is 0 Å². The van der Waals surface area contributed by atoms with E-state index in [9.17, 15) is 18.0 Å². The lowest BCUT2D eigenvalue weighted by molar-refractivity contribution is -0.137. The van der Waals surface area contributed by atoms with Gasteiger partial charge >= 0.3 is 6.18 Å². The summed E-state index contributed by atoms with van der Waals surface area (Å²) in [7, 11) is 1.79. The molecule has 1 aromatic heterocycles. The van der Waals surface area contributed by atoms with Gasteiger partial charge in [-0.2, -0.15) is 28.5 Å². The molecule has 0 bridgehead atoms. The van der Waals surface area contributed by atoms with E-state index >= 15 is 0 Å². The molecule has 3 aliphatic rings. The number of hydrogen-bond acceptors (Lipinski definition) is 5. The number of rotatable bonds is 3. The summed E-state index contributed by atoms with van der Waals surface area (Å²) in [5, 5.41) is 16.0. The van der Waals surface area contributed by atoms with Crippen LogP contribution in [0.2, 0.25) is 0 Å². The van der Waals surface area contributed by atoms with Crippen molar-refractivity contribution in [3.8, 4) is 0 Å². The molecule has 10 heteroatoms. The Bertz CT molecular complexity index is 1240. The molecule has 4 heterocycles. The summed E-state index contributed by atoms with van der Waals surface area (Å²) in [5.74, 6) is -0.245. The summed E-state index contributed by atoms with van der Waals surface area (Å²) in [4.78, 5) is 15.7. The molecule has 0 aliphatic carbocycles. The molecule has 172 valence electrons. The first-order chi connectivity index (χ1) is 15.7. The lowest BCUT2D eigenvalue weighted by Crippen LogP contribution is -2.54. The molecule has 3 aliphatic heterocycles. The van der Waals surface area contributed by atoms with E-state index in [-0.39, 0.29) is 5.91 Å². The Balaban J connectivity index is 1.72. The van der Waals surface area contributed by atoms with E-state index in [4.69, 9.17) is 0 Å². The zero-order chi connectivity index (χ0) is 23.5. The molecule has 0 spiro atoms. The van der Waals surface area contributed by atoms with Crippen molar-refractivity contribution < 1.29 is 18.0 Å². The number of nitrogens with one attached hydrogen (secondary N) is 1. The number of azo groups is 1. The third-order valence-corrected chi connectivity index (χ3v) is 6.74. The highest BCUT2D eigenvalue weighted by atomic mass is 19.4. The first-order valence-corrected chi connectivity index (χ1v) is 10.8. The van der Waals surface area contributed by atoms with Crippen LogP contribution in [-0.2, 0) is 23.4 Å². The number of carbonyl (C=O) groups is 1. The van der Waals surface area contributed by atoms with Gasteiger partial charge in [-0.05, 0) is 25.0 Å². The Kier molecular flexibility index (Phi) is 4.73. The molecule has 5 rings (SSSR count). The maximum absolute atomic E-state index is 14.0. The lowest BCUT2D eigenvalue weighted by Gasteiger charge is -2.47. The quantitative estimate of drug-likeness (QED) is 0.746. The van der Waals surface area contributed by atoms with Crippen LogP contribution in [0.5, 0.6) is 0 Å². The molecule has 2 atom stereocenters. The average Bonchev–Trinajstić information content (AvgIpc) is 3.38. The number of aryl methyl sites for hydroxylation is 2. The van der Waals surface area contributed by atoms with Gasteiger partial charge in [0.05, 0.1) is 34.1 Å². The van der Waals surface area contributed by atoms with Gasteiger partial charge in [-0.1, -0.05) is 25.1 Å². The molecular weight excluding hydrogens is 433 g/mol.